The van der Waals surface area contributed by atoms with Crippen molar-refractivity contribution in [1.82, 2.24) is 34.8 Å². The number of carbonyl (C=O) groups is 1. The van der Waals surface area contributed by atoms with E-state index < -0.39 is 20.0 Å². The lowest BCUT2D eigenvalue weighted by atomic mass is 10.1. The minimum atomic E-state index is -1.18. The Bertz CT molecular complexity index is 1750. The van der Waals surface area contributed by atoms with Crippen molar-refractivity contribution in [2.45, 2.75) is 45.3 Å². The van der Waals surface area contributed by atoms with Gasteiger partial charge in [0.25, 0.3) is 0 Å². The standard InChI is InChI=1S/C29H31FN8O3Si/c1-18-5-6-20(14-31-18)24-16-41-29(39)38(24)26-9-10-37-28(34-26)22(15-32-37)19-7-8-21(23(30)13-19)27-33-25(35-36-27)17-40-11-12-42(2,3)4/h5-10,13-15,24H,11-12,16-17H2,1-4H3,(H,33,35,36)/t24-/m0/s1. The number of carbonyl (C=O) groups excluding carboxylic acids is 1. The van der Waals surface area contributed by atoms with Crippen LogP contribution < -0.4 is 4.90 Å². The SMILES string of the molecule is Cc1ccc([C@@H]2COC(=O)N2c2ccn3ncc(-c4ccc(-c5n[nH]c(COCC[Si](C)(C)C)n5)c(F)c4)c3n2)cn1. The Morgan fingerprint density at radius 3 is 2.74 bits per heavy atom. The summed E-state index contributed by atoms with van der Waals surface area (Å²) in [6.45, 7) is 9.91. The number of hydrogen-bond acceptors (Lipinski definition) is 8. The van der Waals surface area contributed by atoms with Crippen LogP contribution in [0.4, 0.5) is 15.0 Å². The summed E-state index contributed by atoms with van der Waals surface area (Å²) in [5.74, 6) is 0.717. The number of pyridine rings is 1. The number of cyclic esters (lactones) is 1. The summed E-state index contributed by atoms with van der Waals surface area (Å²) >= 11 is 0. The van der Waals surface area contributed by atoms with Crippen LogP contribution >= 0.6 is 0 Å². The minimum Gasteiger partial charge on any atom is -0.447 e. The highest BCUT2D eigenvalue weighted by Crippen LogP contribution is 2.34. The fourth-order valence-electron chi connectivity index (χ4n) is 4.69. The van der Waals surface area contributed by atoms with Crippen molar-refractivity contribution >= 4 is 25.6 Å². The average molecular weight is 587 g/mol. The van der Waals surface area contributed by atoms with Crippen molar-refractivity contribution in [3.8, 4) is 22.5 Å². The molecule has 4 aromatic heterocycles. The normalized spacial score (nSPS) is 15.5. The van der Waals surface area contributed by atoms with Gasteiger partial charge in [0, 0.05) is 38.3 Å². The van der Waals surface area contributed by atoms with Crippen LogP contribution in [0.15, 0.2) is 55.0 Å². The Kier molecular flexibility index (Phi) is 7.29. The van der Waals surface area contributed by atoms with E-state index in [4.69, 9.17) is 14.5 Å². The van der Waals surface area contributed by atoms with Crippen molar-refractivity contribution < 1.29 is 18.7 Å². The fraction of sp³-hybridized carbons (Fsp3) is 0.310. The second-order valence-corrected chi connectivity index (χ2v) is 17.1. The predicted octanol–water partition coefficient (Wildman–Crippen LogP) is 5.58. The molecule has 0 aliphatic carbocycles. The number of aromatic amines is 1. The highest BCUT2D eigenvalue weighted by atomic mass is 28.3. The molecule has 5 aromatic rings. The molecule has 0 bridgehead atoms. The minimum absolute atomic E-state index is 0.183. The zero-order valence-electron chi connectivity index (χ0n) is 23.8. The largest absolute Gasteiger partial charge is 0.447 e. The molecule has 1 aliphatic rings. The maximum absolute atomic E-state index is 15.4. The van der Waals surface area contributed by atoms with Crippen LogP contribution in [-0.2, 0) is 16.1 Å². The van der Waals surface area contributed by atoms with E-state index in [9.17, 15) is 4.79 Å². The van der Waals surface area contributed by atoms with Crippen LogP contribution in [0.3, 0.4) is 0 Å². The number of fused-ring (bicyclic) bond motifs is 1. The third-order valence-corrected chi connectivity index (χ3v) is 8.79. The Labute approximate surface area is 242 Å². The van der Waals surface area contributed by atoms with Gasteiger partial charge in [-0.25, -0.2) is 23.7 Å². The van der Waals surface area contributed by atoms with Gasteiger partial charge >= 0.3 is 6.09 Å². The third kappa shape index (κ3) is 5.65. The van der Waals surface area contributed by atoms with Gasteiger partial charge in [-0.1, -0.05) is 31.8 Å². The topological polar surface area (TPSA) is 123 Å². The summed E-state index contributed by atoms with van der Waals surface area (Å²) in [4.78, 5) is 27.8. The molecule has 1 fully saturated rings. The summed E-state index contributed by atoms with van der Waals surface area (Å²) in [5, 5.41) is 11.4. The predicted molar refractivity (Wildman–Crippen MR) is 157 cm³/mol. The first-order valence-corrected chi connectivity index (χ1v) is 17.4. The number of aromatic nitrogens is 7. The van der Waals surface area contributed by atoms with Crippen LogP contribution in [0.5, 0.6) is 0 Å². The molecule has 0 saturated carbocycles. The Morgan fingerprint density at radius 2 is 1.98 bits per heavy atom. The van der Waals surface area contributed by atoms with Gasteiger partial charge in [0.15, 0.2) is 17.3 Å². The van der Waals surface area contributed by atoms with Gasteiger partial charge in [0.2, 0.25) is 0 Å². The number of nitrogens with zero attached hydrogens (tertiary/aromatic N) is 7. The maximum Gasteiger partial charge on any atom is 0.416 e. The summed E-state index contributed by atoms with van der Waals surface area (Å²) in [6.07, 6.45) is 4.57. The van der Waals surface area contributed by atoms with E-state index >= 15 is 4.39 Å². The van der Waals surface area contributed by atoms with Gasteiger partial charge in [-0.2, -0.15) is 10.2 Å². The van der Waals surface area contributed by atoms with E-state index in [1.807, 2.05) is 19.1 Å². The number of amides is 1. The highest BCUT2D eigenvalue weighted by Gasteiger charge is 2.36. The zero-order chi connectivity index (χ0) is 29.4. The molecular weight excluding hydrogens is 555 g/mol. The van der Waals surface area contributed by atoms with E-state index in [0.29, 0.717) is 41.6 Å². The molecule has 0 unspecified atom stereocenters. The van der Waals surface area contributed by atoms with Gasteiger partial charge in [-0.05, 0) is 48.4 Å². The summed E-state index contributed by atoms with van der Waals surface area (Å²) in [5.41, 5.74) is 3.63. The Hall–Kier alpha value is -4.49. The molecule has 1 atom stereocenters. The number of halogens is 1. The smallest absolute Gasteiger partial charge is 0.416 e. The summed E-state index contributed by atoms with van der Waals surface area (Å²) in [7, 11) is -1.18. The van der Waals surface area contributed by atoms with Crippen molar-refractivity contribution in [2.24, 2.45) is 0 Å². The lowest BCUT2D eigenvalue weighted by Gasteiger charge is -2.20. The molecule has 1 aromatic carbocycles. The Balaban J connectivity index is 1.24. The average Bonchev–Trinajstić information content (AvgIpc) is 3.69. The second kappa shape index (κ2) is 11.1. The first kappa shape index (κ1) is 27.7. The molecule has 0 radical (unpaired) electrons. The van der Waals surface area contributed by atoms with Crippen molar-refractivity contribution in [3.05, 3.63) is 77.9 Å². The van der Waals surface area contributed by atoms with Crippen LogP contribution in [0.2, 0.25) is 25.7 Å². The molecular formula is C29H31FN8O3Si. The molecule has 1 amide bonds. The van der Waals surface area contributed by atoms with E-state index in [-0.39, 0.29) is 24.0 Å². The molecule has 6 rings (SSSR count). The molecule has 13 heteroatoms. The number of H-pyrrole nitrogens is 1. The van der Waals surface area contributed by atoms with Gasteiger partial charge in [0.1, 0.15) is 30.9 Å². The molecule has 1 saturated heterocycles. The number of hydrogen-bond donors (Lipinski definition) is 1. The Morgan fingerprint density at radius 1 is 1.12 bits per heavy atom. The maximum atomic E-state index is 15.4. The summed E-state index contributed by atoms with van der Waals surface area (Å²) < 4.78 is 28.1. The number of nitrogens with one attached hydrogen (secondary N) is 1. The van der Waals surface area contributed by atoms with Gasteiger partial charge < -0.3 is 9.47 Å². The van der Waals surface area contributed by atoms with E-state index in [2.05, 4.69) is 44.9 Å². The van der Waals surface area contributed by atoms with Gasteiger partial charge in [-0.15, -0.1) is 0 Å². The van der Waals surface area contributed by atoms with Crippen LogP contribution in [-0.4, -0.2) is 62.1 Å². The molecule has 216 valence electrons. The van der Waals surface area contributed by atoms with Gasteiger partial charge in [-0.3, -0.25) is 15.0 Å². The van der Waals surface area contributed by atoms with E-state index in [0.717, 1.165) is 17.3 Å². The number of benzene rings is 1. The number of aryl methyl sites for hydroxylation is 1. The molecule has 1 N–H and O–H groups in total. The van der Waals surface area contributed by atoms with E-state index in [1.165, 1.54) is 11.0 Å². The van der Waals surface area contributed by atoms with Gasteiger partial charge in [0.05, 0.1) is 11.8 Å². The van der Waals surface area contributed by atoms with Crippen molar-refractivity contribution in [1.29, 1.82) is 0 Å². The molecule has 11 nitrogen and oxygen atoms in total. The number of rotatable bonds is 9. The zero-order valence-corrected chi connectivity index (χ0v) is 24.8. The van der Waals surface area contributed by atoms with Crippen LogP contribution in [0.1, 0.15) is 23.1 Å². The molecule has 5 heterocycles. The highest BCUT2D eigenvalue weighted by molar-refractivity contribution is 6.76. The molecule has 1 aliphatic heterocycles. The fourth-order valence-corrected chi connectivity index (χ4v) is 5.44. The van der Waals surface area contributed by atoms with Crippen LogP contribution in [0.25, 0.3) is 28.2 Å². The lowest BCUT2D eigenvalue weighted by Crippen LogP contribution is -2.28. The lowest BCUT2D eigenvalue weighted by molar-refractivity contribution is 0.127. The number of ether oxygens (including phenoxy) is 2. The molecule has 0 spiro atoms. The first-order valence-electron chi connectivity index (χ1n) is 13.7. The molecule has 42 heavy (non-hydrogen) atoms. The summed E-state index contributed by atoms with van der Waals surface area (Å²) in [6, 6.07) is 11.0. The second-order valence-electron chi connectivity index (χ2n) is 11.5. The van der Waals surface area contributed by atoms with Crippen molar-refractivity contribution in [3.63, 3.8) is 0 Å². The quantitative estimate of drug-likeness (QED) is 0.175. The first-order chi connectivity index (χ1) is 20.2. The number of anilines is 1. The van der Waals surface area contributed by atoms with E-state index in [1.54, 1.807) is 41.3 Å². The van der Waals surface area contributed by atoms with Crippen molar-refractivity contribution in [2.75, 3.05) is 18.1 Å². The third-order valence-electron chi connectivity index (χ3n) is 7.08. The monoisotopic (exact) mass is 586 g/mol. The van der Waals surface area contributed by atoms with Crippen LogP contribution in [0, 0.1) is 12.7 Å².